The van der Waals surface area contributed by atoms with Crippen LogP contribution in [0.15, 0.2) is 18.3 Å². The molecule has 0 saturated heterocycles. The van der Waals surface area contributed by atoms with Gasteiger partial charge in [-0.2, -0.15) is 0 Å². The van der Waals surface area contributed by atoms with Crippen LogP contribution in [-0.2, 0) is 15.5 Å². The van der Waals surface area contributed by atoms with Crippen molar-refractivity contribution in [3.63, 3.8) is 0 Å². The summed E-state index contributed by atoms with van der Waals surface area (Å²) in [6.45, 7) is 0. The summed E-state index contributed by atoms with van der Waals surface area (Å²) in [5.74, 6) is -0.634. The van der Waals surface area contributed by atoms with E-state index in [-0.39, 0.29) is 12.2 Å². The molecule has 0 radical (unpaired) electrons. The summed E-state index contributed by atoms with van der Waals surface area (Å²) in [5, 5.41) is 0. The largest absolute Gasteiger partial charge is 0.258 e. The molecular weight excluding hydrogens is 217 g/mol. The number of halogens is 2. The molecule has 1 aromatic rings. The van der Waals surface area contributed by atoms with Crippen molar-refractivity contribution in [2.45, 2.75) is 6.42 Å². The highest BCUT2D eigenvalue weighted by Gasteiger charge is 2.05. The van der Waals surface area contributed by atoms with Gasteiger partial charge in [0.05, 0.1) is 11.9 Å². The Morgan fingerprint density at radius 3 is 2.62 bits per heavy atom. The van der Waals surface area contributed by atoms with E-state index >= 15 is 0 Å². The van der Waals surface area contributed by atoms with Crippen LogP contribution in [0.2, 0.25) is 0 Å². The van der Waals surface area contributed by atoms with Crippen LogP contribution in [0.4, 0.5) is 4.39 Å². The topological polar surface area (TPSA) is 47.0 Å². The Bertz CT molecular complexity index is 376. The molecule has 3 nitrogen and oxygen atoms in total. The Hall–Kier alpha value is -0.680. The van der Waals surface area contributed by atoms with Crippen molar-refractivity contribution >= 4 is 19.7 Å². The van der Waals surface area contributed by atoms with Gasteiger partial charge >= 0.3 is 0 Å². The molecule has 0 unspecified atom stereocenters. The number of pyridine rings is 1. The Labute approximate surface area is 80.0 Å². The molecule has 0 saturated carbocycles. The summed E-state index contributed by atoms with van der Waals surface area (Å²) in [6.07, 6.45) is 1.24. The first kappa shape index (κ1) is 10.4. The third-order valence-corrected chi connectivity index (χ3v) is 2.55. The first-order chi connectivity index (χ1) is 5.97. The van der Waals surface area contributed by atoms with Gasteiger partial charge in [-0.25, -0.2) is 12.8 Å². The van der Waals surface area contributed by atoms with Crippen molar-refractivity contribution in [2.75, 3.05) is 5.75 Å². The van der Waals surface area contributed by atoms with Gasteiger partial charge in [-0.1, -0.05) is 0 Å². The van der Waals surface area contributed by atoms with Crippen LogP contribution in [0.3, 0.4) is 0 Å². The summed E-state index contributed by atoms with van der Waals surface area (Å²) in [4.78, 5) is 3.68. The van der Waals surface area contributed by atoms with E-state index < -0.39 is 14.9 Å². The minimum absolute atomic E-state index is 0.187. The molecule has 0 aliphatic heterocycles. The van der Waals surface area contributed by atoms with Gasteiger partial charge in [0.25, 0.3) is 0 Å². The summed E-state index contributed by atoms with van der Waals surface area (Å²) in [7, 11) is 1.49. The van der Waals surface area contributed by atoms with Crippen molar-refractivity contribution in [3.8, 4) is 0 Å². The van der Waals surface area contributed by atoms with Crippen LogP contribution in [0.1, 0.15) is 5.69 Å². The minimum Gasteiger partial charge on any atom is -0.258 e. The lowest BCUT2D eigenvalue weighted by Crippen LogP contribution is -2.02. The normalized spacial score (nSPS) is 11.5. The Morgan fingerprint density at radius 1 is 1.46 bits per heavy atom. The van der Waals surface area contributed by atoms with Crippen molar-refractivity contribution in [1.29, 1.82) is 0 Å². The summed E-state index contributed by atoms with van der Waals surface area (Å²) < 4.78 is 33.4. The molecule has 1 rings (SSSR count). The maximum atomic E-state index is 12.4. The quantitative estimate of drug-likeness (QED) is 0.727. The summed E-state index contributed by atoms with van der Waals surface area (Å²) in [6, 6.07) is 2.65. The zero-order valence-electron chi connectivity index (χ0n) is 6.57. The zero-order valence-corrected chi connectivity index (χ0v) is 8.15. The number of rotatable bonds is 3. The number of aromatic nitrogens is 1. The van der Waals surface area contributed by atoms with E-state index in [4.69, 9.17) is 10.7 Å². The number of hydrogen-bond acceptors (Lipinski definition) is 3. The van der Waals surface area contributed by atoms with E-state index in [1.54, 1.807) is 0 Å². The number of aryl methyl sites for hydroxylation is 1. The smallest absolute Gasteiger partial charge is 0.232 e. The fraction of sp³-hybridized carbons (Fsp3) is 0.286. The molecule has 0 aromatic carbocycles. The van der Waals surface area contributed by atoms with Gasteiger partial charge in [0.15, 0.2) is 0 Å². The molecule has 0 aliphatic rings. The van der Waals surface area contributed by atoms with Crippen LogP contribution in [0.25, 0.3) is 0 Å². The molecule has 1 aromatic heterocycles. The molecule has 0 fully saturated rings. The molecule has 0 atom stereocenters. The third kappa shape index (κ3) is 4.19. The highest BCUT2D eigenvalue weighted by atomic mass is 35.7. The number of hydrogen-bond donors (Lipinski definition) is 0. The highest BCUT2D eigenvalue weighted by Crippen LogP contribution is 2.03. The minimum atomic E-state index is -3.49. The van der Waals surface area contributed by atoms with E-state index in [9.17, 15) is 12.8 Å². The first-order valence-electron chi connectivity index (χ1n) is 3.50. The molecular formula is C7H7ClFNO2S. The average Bonchev–Trinajstić information content (AvgIpc) is 2.02. The van der Waals surface area contributed by atoms with Crippen molar-refractivity contribution in [3.05, 3.63) is 29.8 Å². The molecule has 13 heavy (non-hydrogen) atoms. The van der Waals surface area contributed by atoms with Gasteiger partial charge in [-0.15, -0.1) is 0 Å². The molecule has 1 heterocycles. The van der Waals surface area contributed by atoms with E-state index in [0.717, 1.165) is 6.20 Å². The fourth-order valence-corrected chi connectivity index (χ4v) is 1.47. The molecule has 0 bridgehead atoms. The Kier molecular flexibility index (Phi) is 3.22. The van der Waals surface area contributed by atoms with Gasteiger partial charge in [0.1, 0.15) is 5.82 Å². The van der Waals surface area contributed by atoms with Crippen LogP contribution < -0.4 is 0 Å². The maximum Gasteiger partial charge on any atom is 0.232 e. The predicted molar refractivity (Wildman–Crippen MR) is 47.5 cm³/mol. The lowest BCUT2D eigenvalue weighted by molar-refractivity contribution is 0.608. The highest BCUT2D eigenvalue weighted by molar-refractivity contribution is 8.13. The fourth-order valence-electron chi connectivity index (χ4n) is 0.781. The van der Waals surface area contributed by atoms with Crippen molar-refractivity contribution in [1.82, 2.24) is 4.98 Å². The average molecular weight is 224 g/mol. The Balaban J connectivity index is 2.61. The molecule has 6 heteroatoms. The van der Waals surface area contributed by atoms with Crippen LogP contribution >= 0.6 is 10.7 Å². The Morgan fingerprint density at radius 2 is 2.15 bits per heavy atom. The van der Waals surface area contributed by atoms with Gasteiger partial charge in [-0.05, 0) is 12.1 Å². The second kappa shape index (κ2) is 4.02. The lowest BCUT2D eigenvalue weighted by Gasteiger charge is -1.96. The SMILES string of the molecule is O=S(=O)(Cl)CCc1ccc(F)cn1. The van der Waals surface area contributed by atoms with Crippen molar-refractivity contribution in [2.24, 2.45) is 0 Å². The van der Waals surface area contributed by atoms with E-state index in [0.29, 0.717) is 5.69 Å². The monoisotopic (exact) mass is 223 g/mol. The van der Waals surface area contributed by atoms with Gasteiger partial charge in [0, 0.05) is 22.8 Å². The second-order valence-electron chi connectivity index (χ2n) is 2.46. The molecule has 0 amide bonds. The van der Waals surface area contributed by atoms with E-state index in [1.165, 1.54) is 12.1 Å². The van der Waals surface area contributed by atoms with E-state index in [2.05, 4.69) is 4.98 Å². The lowest BCUT2D eigenvalue weighted by atomic mass is 10.3. The van der Waals surface area contributed by atoms with Crippen molar-refractivity contribution < 1.29 is 12.8 Å². The summed E-state index contributed by atoms with van der Waals surface area (Å²) in [5.41, 5.74) is 0.505. The molecule has 0 N–H and O–H groups in total. The standard InChI is InChI=1S/C7H7ClFNO2S/c8-13(11,12)4-3-7-2-1-6(9)5-10-7/h1-2,5H,3-4H2. The first-order valence-corrected chi connectivity index (χ1v) is 5.98. The molecule has 0 aliphatic carbocycles. The van der Waals surface area contributed by atoms with Gasteiger partial charge in [-0.3, -0.25) is 4.98 Å². The predicted octanol–water partition coefficient (Wildman–Crippen LogP) is 1.33. The zero-order chi connectivity index (χ0) is 9.90. The molecule has 0 spiro atoms. The third-order valence-electron chi connectivity index (χ3n) is 1.39. The number of nitrogens with zero attached hydrogens (tertiary/aromatic N) is 1. The molecule has 72 valence electrons. The van der Waals surface area contributed by atoms with Gasteiger partial charge < -0.3 is 0 Å². The second-order valence-corrected chi connectivity index (χ2v) is 5.36. The van der Waals surface area contributed by atoms with Gasteiger partial charge in [0.2, 0.25) is 9.05 Å². The maximum absolute atomic E-state index is 12.4. The van der Waals surface area contributed by atoms with Crippen LogP contribution in [0, 0.1) is 5.82 Å². The summed E-state index contributed by atoms with van der Waals surface area (Å²) >= 11 is 0. The van der Waals surface area contributed by atoms with E-state index in [1.807, 2.05) is 0 Å². The van der Waals surface area contributed by atoms with Crippen LogP contribution in [-0.4, -0.2) is 19.2 Å². The van der Waals surface area contributed by atoms with Crippen LogP contribution in [0.5, 0.6) is 0 Å².